The zero-order chi connectivity index (χ0) is 13.8. The first-order valence-corrected chi connectivity index (χ1v) is 6.68. The number of ether oxygens (including phenoxy) is 1. The average Bonchev–Trinajstić information content (AvgIpc) is 2.40. The van der Waals surface area contributed by atoms with E-state index in [1.54, 1.807) is 7.11 Å². The summed E-state index contributed by atoms with van der Waals surface area (Å²) < 4.78 is 5.12. The largest absolute Gasteiger partial charge is 0.495 e. The van der Waals surface area contributed by atoms with Gasteiger partial charge in [0.25, 0.3) is 0 Å². The number of hydrogen-bond donors (Lipinski definition) is 1. The van der Waals surface area contributed by atoms with Crippen molar-refractivity contribution in [1.82, 2.24) is 0 Å². The van der Waals surface area contributed by atoms with Gasteiger partial charge in [0.05, 0.1) is 22.8 Å². The highest BCUT2D eigenvalue weighted by molar-refractivity contribution is 6.33. The SMILES string of the molecule is COc1ccc(CNc2cc(C)ccc2Cl)cc1Cl. The maximum absolute atomic E-state index is 6.13. The molecule has 0 amide bonds. The first-order valence-electron chi connectivity index (χ1n) is 5.92. The lowest BCUT2D eigenvalue weighted by atomic mass is 10.2. The lowest BCUT2D eigenvalue weighted by molar-refractivity contribution is 0.415. The molecule has 4 heteroatoms. The van der Waals surface area contributed by atoms with Gasteiger partial charge in [0.15, 0.2) is 0 Å². The van der Waals surface area contributed by atoms with E-state index >= 15 is 0 Å². The van der Waals surface area contributed by atoms with Crippen molar-refractivity contribution in [1.29, 1.82) is 0 Å². The van der Waals surface area contributed by atoms with Crippen LogP contribution in [0.25, 0.3) is 0 Å². The summed E-state index contributed by atoms with van der Waals surface area (Å²) in [7, 11) is 1.60. The molecule has 0 radical (unpaired) electrons. The number of nitrogens with one attached hydrogen (secondary N) is 1. The van der Waals surface area contributed by atoms with E-state index in [4.69, 9.17) is 27.9 Å². The predicted octanol–water partition coefficient (Wildman–Crippen LogP) is 4.92. The van der Waals surface area contributed by atoms with Gasteiger partial charge < -0.3 is 10.1 Å². The van der Waals surface area contributed by atoms with Gasteiger partial charge in [-0.15, -0.1) is 0 Å². The first kappa shape index (κ1) is 14.0. The summed E-state index contributed by atoms with van der Waals surface area (Å²) >= 11 is 12.2. The second kappa shape index (κ2) is 6.18. The molecule has 0 aliphatic heterocycles. The zero-order valence-corrected chi connectivity index (χ0v) is 12.3. The zero-order valence-electron chi connectivity index (χ0n) is 10.8. The minimum Gasteiger partial charge on any atom is -0.495 e. The van der Waals surface area contributed by atoms with E-state index < -0.39 is 0 Å². The van der Waals surface area contributed by atoms with Gasteiger partial charge in [-0.05, 0) is 42.3 Å². The molecule has 1 N–H and O–H groups in total. The molecule has 0 spiro atoms. The molecule has 0 atom stereocenters. The van der Waals surface area contributed by atoms with Crippen LogP contribution in [0.2, 0.25) is 10.0 Å². The maximum atomic E-state index is 6.13. The molecule has 2 rings (SSSR count). The van der Waals surface area contributed by atoms with Crippen LogP contribution in [-0.4, -0.2) is 7.11 Å². The van der Waals surface area contributed by atoms with E-state index in [1.165, 1.54) is 5.56 Å². The van der Waals surface area contributed by atoms with Crippen LogP contribution >= 0.6 is 23.2 Å². The van der Waals surface area contributed by atoms with Crippen LogP contribution in [0.3, 0.4) is 0 Å². The molecule has 0 bridgehead atoms. The van der Waals surface area contributed by atoms with Crippen molar-refractivity contribution < 1.29 is 4.74 Å². The molecule has 0 fully saturated rings. The number of methoxy groups -OCH3 is 1. The molecule has 2 aromatic carbocycles. The quantitative estimate of drug-likeness (QED) is 0.864. The Morgan fingerprint density at radius 2 is 1.84 bits per heavy atom. The minimum atomic E-state index is 0.608. The van der Waals surface area contributed by atoms with Crippen LogP contribution in [-0.2, 0) is 6.54 Å². The smallest absolute Gasteiger partial charge is 0.137 e. The molecule has 0 heterocycles. The van der Waals surface area contributed by atoms with Gasteiger partial charge in [-0.1, -0.05) is 35.3 Å². The van der Waals surface area contributed by atoms with E-state index in [1.807, 2.05) is 43.3 Å². The number of hydrogen-bond acceptors (Lipinski definition) is 2. The van der Waals surface area contributed by atoms with E-state index in [2.05, 4.69) is 5.32 Å². The summed E-state index contributed by atoms with van der Waals surface area (Å²) in [6.45, 7) is 2.69. The number of anilines is 1. The fourth-order valence-corrected chi connectivity index (χ4v) is 2.26. The fraction of sp³-hybridized carbons (Fsp3) is 0.200. The molecular weight excluding hydrogens is 281 g/mol. The monoisotopic (exact) mass is 295 g/mol. The summed E-state index contributed by atoms with van der Waals surface area (Å²) in [6, 6.07) is 11.6. The average molecular weight is 296 g/mol. The van der Waals surface area contributed by atoms with Gasteiger partial charge in [0.1, 0.15) is 5.75 Å². The topological polar surface area (TPSA) is 21.3 Å². The number of benzene rings is 2. The Balaban J connectivity index is 2.10. The predicted molar refractivity (Wildman–Crippen MR) is 81.5 cm³/mol. The van der Waals surface area contributed by atoms with Crippen LogP contribution in [0.5, 0.6) is 5.75 Å². The van der Waals surface area contributed by atoms with E-state index in [0.717, 1.165) is 11.3 Å². The van der Waals surface area contributed by atoms with Gasteiger partial charge in [0.2, 0.25) is 0 Å². The Kier molecular flexibility index (Phi) is 4.56. The first-order chi connectivity index (χ1) is 9.10. The van der Waals surface area contributed by atoms with Gasteiger partial charge >= 0.3 is 0 Å². The Hall–Kier alpha value is -1.38. The summed E-state index contributed by atoms with van der Waals surface area (Å²) in [5.74, 6) is 0.680. The van der Waals surface area contributed by atoms with E-state index in [9.17, 15) is 0 Å². The summed E-state index contributed by atoms with van der Waals surface area (Å²) in [5, 5.41) is 4.62. The molecule has 0 saturated heterocycles. The Morgan fingerprint density at radius 3 is 2.53 bits per heavy atom. The molecular formula is C15H15Cl2NO. The van der Waals surface area contributed by atoms with Crippen LogP contribution in [0.4, 0.5) is 5.69 Å². The molecule has 100 valence electrons. The van der Waals surface area contributed by atoms with Crippen molar-refractivity contribution in [2.24, 2.45) is 0 Å². The van der Waals surface area contributed by atoms with Crippen molar-refractivity contribution in [3.05, 3.63) is 57.6 Å². The number of aryl methyl sites for hydroxylation is 1. The third-order valence-electron chi connectivity index (χ3n) is 2.82. The Labute approximate surface area is 123 Å². The molecule has 0 saturated carbocycles. The lowest BCUT2D eigenvalue weighted by Gasteiger charge is -2.10. The van der Waals surface area contributed by atoms with E-state index in [0.29, 0.717) is 22.3 Å². The third kappa shape index (κ3) is 3.55. The molecule has 0 aliphatic carbocycles. The van der Waals surface area contributed by atoms with Gasteiger partial charge in [-0.25, -0.2) is 0 Å². The van der Waals surface area contributed by atoms with Gasteiger partial charge in [-0.2, -0.15) is 0 Å². The summed E-state index contributed by atoms with van der Waals surface area (Å²) in [4.78, 5) is 0. The molecule has 2 nitrogen and oxygen atoms in total. The lowest BCUT2D eigenvalue weighted by Crippen LogP contribution is -2.00. The van der Waals surface area contributed by atoms with Crippen molar-refractivity contribution >= 4 is 28.9 Å². The van der Waals surface area contributed by atoms with Crippen molar-refractivity contribution in [2.75, 3.05) is 12.4 Å². The molecule has 0 aliphatic rings. The van der Waals surface area contributed by atoms with Crippen LogP contribution < -0.4 is 10.1 Å². The third-order valence-corrected chi connectivity index (χ3v) is 3.45. The molecule has 0 unspecified atom stereocenters. The Morgan fingerprint density at radius 1 is 1.05 bits per heavy atom. The van der Waals surface area contributed by atoms with Gasteiger partial charge in [-0.3, -0.25) is 0 Å². The van der Waals surface area contributed by atoms with Crippen LogP contribution in [0.1, 0.15) is 11.1 Å². The van der Waals surface area contributed by atoms with Crippen LogP contribution in [0.15, 0.2) is 36.4 Å². The highest BCUT2D eigenvalue weighted by Crippen LogP contribution is 2.27. The second-order valence-corrected chi connectivity index (χ2v) is 5.12. The number of halogens is 2. The maximum Gasteiger partial charge on any atom is 0.137 e. The summed E-state index contributed by atoms with van der Waals surface area (Å²) in [5.41, 5.74) is 3.16. The van der Waals surface area contributed by atoms with E-state index in [-0.39, 0.29) is 0 Å². The van der Waals surface area contributed by atoms with Crippen LogP contribution in [0, 0.1) is 6.92 Å². The number of rotatable bonds is 4. The standard InChI is InChI=1S/C15H15Cl2NO/c1-10-3-5-12(16)14(7-10)18-9-11-4-6-15(19-2)13(17)8-11/h3-8,18H,9H2,1-2H3. The highest BCUT2D eigenvalue weighted by atomic mass is 35.5. The minimum absolute atomic E-state index is 0.608. The molecule has 2 aromatic rings. The molecule has 19 heavy (non-hydrogen) atoms. The van der Waals surface area contributed by atoms with Crippen molar-refractivity contribution in [3.63, 3.8) is 0 Å². The van der Waals surface area contributed by atoms with Crippen molar-refractivity contribution in [3.8, 4) is 5.75 Å². The molecule has 0 aromatic heterocycles. The Bertz CT molecular complexity index is 584. The van der Waals surface area contributed by atoms with Crippen molar-refractivity contribution in [2.45, 2.75) is 13.5 Å². The summed E-state index contributed by atoms with van der Waals surface area (Å²) in [6.07, 6.45) is 0. The normalized spacial score (nSPS) is 10.3. The second-order valence-electron chi connectivity index (χ2n) is 4.31. The van der Waals surface area contributed by atoms with Gasteiger partial charge in [0, 0.05) is 6.54 Å². The highest BCUT2D eigenvalue weighted by Gasteiger charge is 2.03. The fourth-order valence-electron chi connectivity index (χ4n) is 1.79.